The number of hydrogen-bond acceptors (Lipinski definition) is 9. The van der Waals surface area contributed by atoms with Gasteiger partial charge in [-0.05, 0) is 38.1 Å². The molecule has 4 rings (SSSR count). The van der Waals surface area contributed by atoms with Crippen LogP contribution in [-0.2, 0) is 20.6 Å². The quantitative estimate of drug-likeness (QED) is 0.389. The van der Waals surface area contributed by atoms with E-state index in [1.165, 1.54) is 6.07 Å². The Morgan fingerprint density at radius 1 is 1.18 bits per heavy atom. The number of rotatable bonds is 12. The van der Waals surface area contributed by atoms with E-state index in [4.69, 9.17) is 23.9 Å². The van der Waals surface area contributed by atoms with Gasteiger partial charge in [-0.2, -0.15) is 5.26 Å². The van der Waals surface area contributed by atoms with Gasteiger partial charge in [0, 0.05) is 57.2 Å². The lowest BCUT2D eigenvalue weighted by molar-refractivity contribution is -0.0208. The second-order valence-corrected chi connectivity index (χ2v) is 10.4. The largest absolute Gasteiger partial charge is 0.494 e. The van der Waals surface area contributed by atoms with Gasteiger partial charge in [0.1, 0.15) is 17.2 Å². The Hall–Kier alpha value is -2.84. The first-order valence-electron chi connectivity index (χ1n) is 13.8. The van der Waals surface area contributed by atoms with Crippen LogP contribution in [0.25, 0.3) is 0 Å². The van der Waals surface area contributed by atoms with Crippen LogP contribution >= 0.6 is 0 Å². The maximum atomic E-state index is 15.3. The summed E-state index contributed by atoms with van der Waals surface area (Å²) in [7, 11) is 1.67. The van der Waals surface area contributed by atoms with E-state index in [2.05, 4.69) is 28.6 Å². The molecule has 0 spiro atoms. The molecule has 0 unspecified atom stereocenters. The van der Waals surface area contributed by atoms with Crippen LogP contribution in [0, 0.1) is 29.0 Å². The van der Waals surface area contributed by atoms with Crippen molar-refractivity contribution in [2.45, 2.75) is 57.3 Å². The number of ether oxygens (including phenoxy) is 4. The van der Waals surface area contributed by atoms with E-state index in [0.29, 0.717) is 68.8 Å². The van der Waals surface area contributed by atoms with Gasteiger partial charge < -0.3 is 29.6 Å². The predicted octanol–water partition coefficient (Wildman–Crippen LogP) is 3.69. The summed E-state index contributed by atoms with van der Waals surface area (Å²) in [6.45, 7) is 9.67. The van der Waals surface area contributed by atoms with Crippen molar-refractivity contribution in [1.29, 1.82) is 5.26 Å². The maximum absolute atomic E-state index is 15.3. The first-order chi connectivity index (χ1) is 18.9. The zero-order valence-corrected chi connectivity index (χ0v) is 23.3. The summed E-state index contributed by atoms with van der Waals surface area (Å²) in [4.78, 5) is 9.34. The number of methoxy groups -OCH3 is 1. The molecule has 2 N–H and O–H groups in total. The molecule has 0 bridgehead atoms. The van der Waals surface area contributed by atoms with Crippen molar-refractivity contribution in [3.63, 3.8) is 0 Å². The highest BCUT2D eigenvalue weighted by atomic mass is 19.1. The van der Waals surface area contributed by atoms with E-state index in [0.717, 1.165) is 6.42 Å². The molecule has 5 atom stereocenters. The third-order valence-electron chi connectivity index (χ3n) is 8.13. The molecule has 2 aliphatic heterocycles. The van der Waals surface area contributed by atoms with Crippen LogP contribution in [0.1, 0.15) is 51.3 Å². The van der Waals surface area contributed by atoms with Crippen molar-refractivity contribution >= 4 is 0 Å². The summed E-state index contributed by atoms with van der Waals surface area (Å²) in [5, 5.41) is 16.6. The van der Waals surface area contributed by atoms with Crippen LogP contribution in [-0.4, -0.2) is 62.6 Å². The normalized spacial score (nSPS) is 28.7. The second kappa shape index (κ2) is 13.0. The lowest BCUT2D eigenvalue weighted by Crippen LogP contribution is -2.51. The molecule has 2 fully saturated rings. The first-order valence-corrected chi connectivity index (χ1v) is 13.8. The molecule has 2 saturated heterocycles. The highest BCUT2D eigenvalue weighted by molar-refractivity contribution is 5.36. The maximum Gasteiger partial charge on any atom is 0.233 e. The summed E-state index contributed by atoms with van der Waals surface area (Å²) >= 11 is 0. The van der Waals surface area contributed by atoms with E-state index < -0.39 is 11.1 Å². The number of nitrogens with zero attached hydrogens (tertiary/aromatic N) is 3. The molecule has 39 heavy (non-hydrogen) atoms. The number of benzene rings is 1. The molecule has 0 amide bonds. The first kappa shape index (κ1) is 29.2. The van der Waals surface area contributed by atoms with Crippen molar-refractivity contribution < 1.29 is 23.3 Å². The summed E-state index contributed by atoms with van der Waals surface area (Å²) in [5.41, 5.74) is -0.523. The third kappa shape index (κ3) is 6.02. The van der Waals surface area contributed by atoms with Crippen molar-refractivity contribution in [1.82, 2.24) is 20.6 Å². The molecular formula is C29H40FN5O4. The number of nitrogens with one attached hydrogen (secondary N) is 2. The molecule has 1 aromatic heterocycles. The Balaban J connectivity index is 1.60. The predicted molar refractivity (Wildman–Crippen MR) is 144 cm³/mol. The molecular weight excluding hydrogens is 501 g/mol. The average molecular weight is 542 g/mol. The Morgan fingerprint density at radius 2 is 2.03 bits per heavy atom. The topological polar surface area (TPSA) is 111 Å². The monoisotopic (exact) mass is 541 g/mol. The summed E-state index contributed by atoms with van der Waals surface area (Å²) in [6.07, 6.45) is 4.77. The molecule has 0 saturated carbocycles. The molecule has 2 aliphatic rings. The van der Waals surface area contributed by atoms with Crippen LogP contribution in [0.2, 0.25) is 0 Å². The van der Waals surface area contributed by atoms with E-state index in [1.807, 2.05) is 13.8 Å². The minimum atomic E-state index is -0.941. The number of nitriles is 1. The summed E-state index contributed by atoms with van der Waals surface area (Å²) in [6, 6.07) is 7.12. The van der Waals surface area contributed by atoms with Crippen molar-refractivity contribution in [3.8, 4) is 17.7 Å². The zero-order valence-electron chi connectivity index (χ0n) is 23.3. The minimum absolute atomic E-state index is 0.00746. The number of aromatic nitrogens is 2. The molecule has 212 valence electrons. The van der Waals surface area contributed by atoms with Crippen molar-refractivity contribution in [2.75, 3.05) is 46.6 Å². The Kier molecular flexibility index (Phi) is 9.72. The molecule has 2 aromatic rings. The van der Waals surface area contributed by atoms with Gasteiger partial charge in [-0.1, -0.05) is 13.8 Å². The zero-order chi connectivity index (χ0) is 27.9. The highest BCUT2D eigenvalue weighted by Crippen LogP contribution is 2.43. The van der Waals surface area contributed by atoms with Crippen LogP contribution < -0.4 is 20.1 Å². The van der Waals surface area contributed by atoms with Gasteiger partial charge in [-0.3, -0.25) is 4.98 Å². The summed E-state index contributed by atoms with van der Waals surface area (Å²) < 4.78 is 38.7. The Bertz CT molecular complexity index is 1130. The van der Waals surface area contributed by atoms with Crippen LogP contribution in [0.15, 0.2) is 30.6 Å². The smallest absolute Gasteiger partial charge is 0.233 e. The fourth-order valence-corrected chi connectivity index (χ4v) is 5.82. The van der Waals surface area contributed by atoms with Crippen molar-refractivity contribution in [2.24, 2.45) is 11.8 Å². The summed E-state index contributed by atoms with van der Waals surface area (Å²) in [5.74, 6) is 0.510. The molecule has 0 aliphatic carbocycles. The van der Waals surface area contributed by atoms with Gasteiger partial charge in [-0.15, -0.1) is 0 Å². The third-order valence-corrected chi connectivity index (χ3v) is 8.13. The van der Waals surface area contributed by atoms with E-state index in [1.54, 1.807) is 31.6 Å². The molecule has 9 nitrogen and oxygen atoms in total. The van der Waals surface area contributed by atoms with Gasteiger partial charge in [0.15, 0.2) is 0 Å². The minimum Gasteiger partial charge on any atom is -0.494 e. The van der Waals surface area contributed by atoms with Crippen LogP contribution in [0.3, 0.4) is 0 Å². The molecule has 0 radical (unpaired) electrons. The lowest BCUT2D eigenvalue weighted by Gasteiger charge is -2.43. The number of halogens is 1. The Morgan fingerprint density at radius 3 is 2.72 bits per heavy atom. The van der Waals surface area contributed by atoms with Gasteiger partial charge >= 0.3 is 0 Å². The second-order valence-electron chi connectivity index (χ2n) is 10.4. The van der Waals surface area contributed by atoms with Crippen LogP contribution in [0.4, 0.5) is 4.39 Å². The van der Waals surface area contributed by atoms with Crippen molar-refractivity contribution in [3.05, 3.63) is 47.7 Å². The lowest BCUT2D eigenvalue weighted by atomic mass is 9.77. The standard InChI is InChI=1S/C29H40FN5O4/c1-5-37-22-7-8-24(30)23(15-22)29(10-12-32-16-20(29)2)39-27-19-33-26(18-34-27)28(9-11-31)21(3)25(17-35-28)38-14-6-13-36-4/h7-8,15,18-21,25,32,35H,5-6,9-10,12-14,16-17H2,1-4H3/t20-,21-,25+,28+,29-/m1/s1. The van der Waals surface area contributed by atoms with E-state index in [-0.39, 0.29) is 30.2 Å². The van der Waals surface area contributed by atoms with E-state index >= 15 is 4.39 Å². The van der Waals surface area contributed by atoms with Gasteiger partial charge in [-0.25, -0.2) is 9.37 Å². The molecule has 1 aromatic carbocycles. The number of hydrogen-bond donors (Lipinski definition) is 2. The fraction of sp³-hybridized carbons (Fsp3) is 0.621. The fourth-order valence-electron chi connectivity index (χ4n) is 5.82. The Labute approximate surface area is 230 Å². The molecule has 10 heteroatoms. The number of piperidine rings is 1. The van der Waals surface area contributed by atoms with E-state index in [9.17, 15) is 5.26 Å². The SMILES string of the molecule is CCOc1ccc(F)c([C@@]2(Oc3cnc([C@@]4(CC#N)NC[C@H](OCCCOC)[C@H]4C)cn3)CCNC[C@H]2C)c1. The highest BCUT2D eigenvalue weighted by Gasteiger charge is 2.49. The average Bonchev–Trinajstić information content (AvgIpc) is 3.25. The van der Waals surface area contributed by atoms with Gasteiger partial charge in [0.05, 0.1) is 48.8 Å². The molecule has 3 heterocycles. The van der Waals surface area contributed by atoms with Gasteiger partial charge in [0.25, 0.3) is 0 Å². The van der Waals surface area contributed by atoms with Crippen LogP contribution in [0.5, 0.6) is 11.6 Å². The van der Waals surface area contributed by atoms with Gasteiger partial charge in [0.2, 0.25) is 5.88 Å².